The zero-order valence-corrected chi connectivity index (χ0v) is 13.2. The molecule has 0 saturated heterocycles. The molecule has 0 spiro atoms. The molecule has 22 heavy (non-hydrogen) atoms. The van der Waals surface area contributed by atoms with Crippen molar-refractivity contribution >= 4 is 22.1 Å². The van der Waals surface area contributed by atoms with Crippen LogP contribution in [0.4, 0.5) is 0 Å². The molecule has 2 aromatic carbocycles. The molecule has 114 valence electrons. The van der Waals surface area contributed by atoms with Crippen molar-refractivity contribution in [1.82, 2.24) is 0 Å². The van der Waals surface area contributed by atoms with Crippen molar-refractivity contribution in [3.05, 3.63) is 41.5 Å². The van der Waals surface area contributed by atoms with Crippen molar-refractivity contribution in [3.8, 4) is 11.5 Å². The lowest BCUT2D eigenvalue weighted by atomic mass is 9.84. The average molecular weight is 296 g/mol. The lowest BCUT2D eigenvalue weighted by Gasteiger charge is -2.21. The van der Waals surface area contributed by atoms with Crippen LogP contribution in [-0.4, -0.2) is 20.0 Å². The molecule has 0 radical (unpaired) electrons. The molecule has 3 nitrogen and oxygen atoms in total. The summed E-state index contributed by atoms with van der Waals surface area (Å²) in [4.78, 5) is 12.5. The van der Waals surface area contributed by atoms with Crippen molar-refractivity contribution in [3.63, 3.8) is 0 Å². The molecule has 3 heteroatoms. The molecule has 0 aliphatic heterocycles. The number of carbonyl (C=O) groups excluding carboxylic acids is 1. The molecule has 0 saturated carbocycles. The first-order valence-electron chi connectivity index (χ1n) is 7.53. The molecule has 1 aliphatic rings. The van der Waals surface area contributed by atoms with Crippen molar-refractivity contribution in [2.75, 3.05) is 14.2 Å². The van der Waals surface area contributed by atoms with Gasteiger partial charge in [0.25, 0.3) is 0 Å². The van der Waals surface area contributed by atoms with Crippen molar-refractivity contribution in [1.29, 1.82) is 0 Å². The van der Waals surface area contributed by atoms with E-state index in [9.17, 15) is 4.79 Å². The van der Waals surface area contributed by atoms with Gasteiger partial charge in [0.05, 0.1) is 14.2 Å². The predicted octanol–water partition coefficient (Wildman–Crippen LogP) is 4.38. The highest BCUT2D eigenvalue weighted by atomic mass is 16.5. The fraction of sp³-hybridized carbons (Fsp3) is 0.316. The molecule has 0 bridgehead atoms. The van der Waals surface area contributed by atoms with Crippen LogP contribution in [0, 0.1) is 0 Å². The van der Waals surface area contributed by atoms with Gasteiger partial charge in [-0.3, -0.25) is 4.79 Å². The van der Waals surface area contributed by atoms with E-state index in [4.69, 9.17) is 9.47 Å². The third-order valence-electron chi connectivity index (χ3n) is 4.32. The lowest BCUT2D eigenvalue weighted by Crippen LogP contribution is -2.11. The highest BCUT2D eigenvalue weighted by Gasteiger charge is 2.24. The Labute approximate surface area is 130 Å². The number of hydrogen-bond donors (Lipinski definition) is 0. The molecular formula is C19H20O3. The third kappa shape index (κ3) is 2.37. The van der Waals surface area contributed by atoms with E-state index in [1.165, 1.54) is 0 Å². The number of carbonyl (C=O) groups is 1. The summed E-state index contributed by atoms with van der Waals surface area (Å²) in [6.45, 7) is 2.05. The molecule has 0 atom stereocenters. The average Bonchev–Trinajstić information content (AvgIpc) is 2.54. The first kappa shape index (κ1) is 14.6. The molecular weight excluding hydrogens is 276 g/mol. The molecule has 0 N–H and O–H groups in total. The lowest BCUT2D eigenvalue weighted by molar-refractivity contribution is -0.114. The zero-order chi connectivity index (χ0) is 15.7. The Morgan fingerprint density at radius 1 is 1.00 bits per heavy atom. The first-order chi connectivity index (χ1) is 10.7. The van der Waals surface area contributed by atoms with Crippen molar-refractivity contribution in [2.45, 2.75) is 26.2 Å². The van der Waals surface area contributed by atoms with Gasteiger partial charge < -0.3 is 9.47 Å². The quantitative estimate of drug-likeness (QED) is 0.843. The van der Waals surface area contributed by atoms with E-state index < -0.39 is 0 Å². The number of Topliss-reactive ketones (excluding diaryl/α,β-unsaturated/α-hetero) is 1. The number of rotatable bonds is 3. The Morgan fingerprint density at radius 3 is 2.45 bits per heavy atom. The summed E-state index contributed by atoms with van der Waals surface area (Å²) in [7, 11) is 3.30. The van der Waals surface area contributed by atoms with Crippen LogP contribution in [0.1, 0.15) is 31.7 Å². The Hall–Kier alpha value is -2.29. The highest BCUT2D eigenvalue weighted by Crippen LogP contribution is 2.40. The number of benzene rings is 2. The summed E-state index contributed by atoms with van der Waals surface area (Å²) in [5, 5.41) is 2.08. The van der Waals surface area contributed by atoms with E-state index in [1.807, 2.05) is 37.3 Å². The summed E-state index contributed by atoms with van der Waals surface area (Å²) in [6, 6.07) is 9.88. The van der Waals surface area contributed by atoms with Crippen LogP contribution in [0.15, 0.2) is 35.9 Å². The second-order valence-electron chi connectivity index (χ2n) is 5.66. The second kappa shape index (κ2) is 5.84. The summed E-state index contributed by atoms with van der Waals surface area (Å²) in [5.41, 5.74) is 2.87. The highest BCUT2D eigenvalue weighted by molar-refractivity contribution is 6.26. The SMILES string of the molecule is COc1ccc2ccc(OC)c(C3=C(C)CCCC3=O)c2c1. The fourth-order valence-corrected chi connectivity index (χ4v) is 3.19. The Morgan fingerprint density at radius 2 is 1.77 bits per heavy atom. The van der Waals surface area contributed by atoms with Gasteiger partial charge in [0.2, 0.25) is 0 Å². The van der Waals surface area contributed by atoms with Crippen LogP contribution in [0.2, 0.25) is 0 Å². The molecule has 3 rings (SSSR count). The van der Waals surface area contributed by atoms with Crippen LogP contribution >= 0.6 is 0 Å². The molecule has 0 heterocycles. The monoisotopic (exact) mass is 296 g/mol. The van der Waals surface area contributed by atoms with Gasteiger partial charge in [0.1, 0.15) is 11.5 Å². The van der Waals surface area contributed by atoms with Crippen molar-refractivity contribution < 1.29 is 14.3 Å². The van der Waals surface area contributed by atoms with Gasteiger partial charge in [-0.05, 0) is 48.7 Å². The van der Waals surface area contributed by atoms with Gasteiger partial charge >= 0.3 is 0 Å². The maximum atomic E-state index is 12.5. The van der Waals surface area contributed by atoms with E-state index >= 15 is 0 Å². The van der Waals surface area contributed by atoms with Gasteiger partial charge in [-0.25, -0.2) is 0 Å². The predicted molar refractivity (Wildman–Crippen MR) is 88.5 cm³/mol. The topological polar surface area (TPSA) is 35.5 Å². The van der Waals surface area contributed by atoms with Gasteiger partial charge in [-0.15, -0.1) is 0 Å². The summed E-state index contributed by atoms with van der Waals surface area (Å²) < 4.78 is 10.9. The van der Waals surface area contributed by atoms with Crippen LogP contribution < -0.4 is 9.47 Å². The van der Waals surface area contributed by atoms with Crippen LogP contribution in [0.3, 0.4) is 0 Å². The van der Waals surface area contributed by atoms with Crippen molar-refractivity contribution in [2.24, 2.45) is 0 Å². The normalized spacial score (nSPS) is 15.3. The molecule has 1 aliphatic carbocycles. The van der Waals surface area contributed by atoms with Crippen LogP contribution in [0.5, 0.6) is 11.5 Å². The molecule has 0 fully saturated rings. The third-order valence-corrected chi connectivity index (χ3v) is 4.32. The Kier molecular flexibility index (Phi) is 3.88. The minimum Gasteiger partial charge on any atom is -0.497 e. The van der Waals surface area contributed by atoms with Gasteiger partial charge in [-0.1, -0.05) is 17.7 Å². The molecule has 0 unspecified atom stereocenters. The first-order valence-corrected chi connectivity index (χ1v) is 7.53. The van der Waals surface area contributed by atoms with E-state index in [0.717, 1.165) is 51.8 Å². The molecule has 2 aromatic rings. The number of hydrogen-bond acceptors (Lipinski definition) is 3. The maximum Gasteiger partial charge on any atom is 0.163 e. The number of allylic oxidation sites excluding steroid dienone is 2. The molecule has 0 aromatic heterocycles. The minimum atomic E-state index is 0.206. The summed E-state index contributed by atoms with van der Waals surface area (Å²) in [6.07, 6.45) is 2.51. The maximum absolute atomic E-state index is 12.5. The summed E-state index contributed by atoms with van der Waals surface area (Å²) >= 11 is 0. The van der Waals surface area contributed by atoms with E-state index in [2.05, 4.69) is 0 Å². The largest absolute Gasteiger partial charge is 0.497 e. The smallest absolute Gasteiger partial charge is 0.163 e. The summed E-state index contributed by atoms with van der Waals surface area (Å²) in [5.74, 6) is 1.73. The number of ether oxygens (including phenoxy) is 2. The second-order valence-corrected chi connectivity index (χ2v) is 5.66. The van der Waals surface area contributed by atoms with E-state index in [-0.39, 0.29) is 5.78 Å². The standard InChI is InChI=1S/C19H20O3/c1-12-5-4-6-16(20)18(12)19-15-11-14(21-2)9-7-13(15)8-10-17(19)22-3/h7-11H,4-6H2,1-3H3. The fourth-order valence-electron chi connectivity index (χ4n) is 3.19. The minimum absolute atomic E-state index is 0.206. The Bertz CT molecular complexity index is 766. The Balaban J connectivity index is 2.37. The van der Waals surface area contributed by atoms with Crippen LogP contribution in [-0.2, 0) is 4.79 Å². The number of methoxy groups -OCH3 is 2. The van der Waals surface area contributed by atoms with Crippen LogP contribution in [0.25, 0.3) is 16.3 Å². The number of fused-ring (bicyclic) bond motifs is 1. The molecule has 0 amide bonds. The van der Waals surface area contributed by atoms with Gasteiger partial charge in [0.15, 0.2) is 5.78 Å². The zero-order valence-electron chi connectivity index (χ0n) is 13.2. The number of ketones is 1. The van der Waals surface area contributed by atoms with E-state index in [0.29, 0.717) is 6.42 Å². The van der Waals surface area contributed by atoms with Gasteiger partial charge in [0, 0.05) is 17.6 Å². The van der Waals surface area contributed by atoms with E-state index in [1.54, 1.807) is 14.2 Å². The van der Waals surface area contributed by atoms with Gasteiger partial charge in [-0.2, -0.15) is 0 Å².